The summed E-state index contributed by atoms with van der Waals surface area (Å²) in [6, 6.07) is 6.01. The van der Waals surface area contributed by atoms with Crippen molar-refractivity contribution < 1.29 is 18.7 Å². The molecule has 0 radical (unpaired) electrons. The molecule has 1 aromatic rings. The molecule has 1 unspecified atom stereocenters. The summed E-state index contributed by atoms with van der Waals surface area (Å²) in [6.45, 7) is 4.48. The molecular weight excluding hydrogens is 349 g/mol. The first-order chi connectivity index (χ1) is 13.1. The molecule has 0 spiro atoms. The lowest BCUT2D eigenvalue weighted by Gasteiger charge is -2.26. The van der Waals surface area contributed by atoms with E-state index in [4.69, 9.17) is 4.74 Å². The number of ether oxygens (including phenoxy) is 1. The Morgan fingerprint density at radius 1 is 1.15 bits per heavy atom. The van der Waals surface area contributed by atoms with Crippen molar-refractivity contribution in [2.24, 2.45) is 5.92 Å². The SMILES string of the molecule is O=C(NCCN1CCCCC1)C1CCN(C(=O)COc2ccccc2F)C1. The van der Waals surface area contributed by atoms with Gasteiger partial charge in [-0.05, 0) is 44.5 Å². The summed E-state index contributed by atoms with van der Waals surface area (Å²) in [5.41, 5.74) is 0. The molecule has 1 N–H and O–H groups in total. The molecule has 148 valence electrons. The second-order valence-corrected chi connectivity index (χ2v) is 7.24. The van der Waals surface area contributed by atoms with Gasteiger partial charge < -0.3 is 19.9 Å². The van der Waals surface area contributed by atoms with E-state index in [2.05, 4.69) is 10.2 Å². The molecule has 1 aromatic carbocycles. The summed E-state index contributed by atoms with van der Waals surface area (Å²) in [7, 11) is 0. The van der Waals surface area contributed by atoms with Gasteiger partial charge in [-0.2, -0.15) is 0 Å². The van der Waals surface area contributed by atoms with Crippen LogP contribution in [0.15, 0.2) is 24.3 Å². The molecule has 2 heterocycles. The third kappa shape index (κ3) is 5.66. The van der Waals surface area contributed by atoms with Gasteiger partial charge in [-0.25, -0.2) is 4.39 Å². The maximum absolute atomic E-state index is 13.5. The average molecular weight is 377 g/mol. The third-order valence-electron chi connectivity index (χ3n) is 5.28. The van der Waals surface area contributed by atoms with Crippen molar-refractivity contribution in [3.05, 3.63) is 30.1 Å². The molecule has 0 bridgehead atoms. The molecule has 7 heteroatoms. The van der Waals surface area contributed by atoms with E-state index in [0.717, 1.165) is 19.6 Å². The largest absolute Gasteiger partial charge is 0.481 e. The van der Waals surface area contributed by atoms with Crippen molar-refractivity contribution in [1.82, 2.24) is 15.1 Å². The molecule has 2 aliphatic rings. The van der Waals surface area contributed by atoms with Crippen LogP contribution >= 0.6 is 0 Å². The summed E-state index contributed by atoms with van der Waals surface area (Å²) in [4.78, 5) is 28.6. The van der Waals surface area contributed by atoms with Gasteiger partial charge in [-0.3, -0.25) is 9.59 Å². The van der Waals surface area contributed by atoms with E-state index in [9.17, 15) is 14.0 Å². The Kier molecular flexibility index (Phi) is 7.04. The number of benzene rings is 1. The zero-order valence-corrected chi connectivity index (χ0v) is 15.7. The average Bonchev–Trinajstić information content (AvgIpc) is 3.18. The van der Waals surface area contributed by atoms with Gasteiger partial charge in [-0.15, -0.1) is 0 Å². The minimum Gasteiger partial charge on any atom is -0.481 e. The van der Waals surface area contributed by atoms with Crippen LogP contribution in [0.5, 0.6) is 5.75 Å². The van der Waals surface area contributed by atoms with Crippen LogP contribution in [0.25, 0.3) is 0 Å². The van der Waals surface area contributed by atoms with Crippen molar-refractivity contribution in [3.8, 4) is 5.75 Å². The van der Waals surface area contributed by atoms with Crippen LogP contribution in [-0.4, -0.2) is 67.5 Å². The number of carbonyl (C=O) groups excluding carboxylic acids is 2. The lowest BCUT2D eigenvalue weighted by atomic mass is 10.1. The van der Waals surface area contributed by atoms with Crippen molar-refractivity contribution in [1.29, 1.82) is 0 Å². The first-order valence-corrected chi connectivity index (χ1v) is 9.78. The first kappa shape index (κ1) is 19.6. The van der Waals surface area contributed by atoms with E-state index in [1.54, 1.807) is 17.0 Å². The number of nitrogens with one attached hydrogen (secondary N) is 1. The minimum atomic E-state index is -0.488. The molecule has 3 rings (SSSR count). The third-order valence-corrected chi connectivity index (χ3v) is 5.28. The zero-order valence-electron chi connectivity index (χ0n) is 15.7. The van der Waals surface area contributed by atoms with Crippen LogP contribution in [0.2, 0.25) is 0 Å². The van der Waals surface area contributed by atoms with Crippen LogP contribution in [0.1, 0.15) is 25.7 Å². The fourth-order valence-electron chi connectivity index (χ4n) is 3.66. The predicted octanol–water partition coefficient (Wildman–Crippen LogP) is 1.66. The Hall–Kier alpha value is -2.15. The highest BCUT2D eigenvalue weighted by atomic mass is 19.1. The maximum Gasteiger partial charge on any atom is 0.260 e. The number of likely N-dealkylation sites (tertiary alicyclic amines) is 2. The quantitative estimate of drug-likeness (QED) is 0.785. The highest BCUT2D eigenvalue weighted by molar-refractivity contribution is 5.82. The van der Waals surface area contributed by atoms with Crippen LogP contribution in [0, 0.1) is 11.7 Å². The fraction of sp³-hybridized carbons (Fsp3) is 0.600. The first-order valence-electron chi connectivity index (χ1n) is 9.78. The zero-order chi connectivity index (χ0) is 19.1. The van der Waals surface area contributed by atoms with E-state index in [-0.39, 0.29) is 30.1 Å². The molecule has 27 heavy (non-hydrogen) atoms. The summed E-state index contributed by atoms with van der Waals surface area (Å²) < 4.78 is 18.8. The van der Waals surface area contributed by atoms with Gasteiger partial charge in [0.25, 0.3) is 5.91 Å². The second kappa shape index (κ2) is 9.69. The van der Waals surface area contributed by atoms with Crippen LogP contribution in [0.4, 0.5) is 4.39 Å². The van der Waals surface area contributed by atoms with Crippen molar-refractivity contribution in [3.63, 3.8) is 0 Å². The fourth-order valence-corrected chi connectivity index (χ4v) is 3.66. The summed E-state index contributed by atoms with van der Waals surface area (Å²) >= 11 is 0. The number of amides is 2. The van der Waals surface area contributed by atoms with Crippen molar-refractivity contribution in [2.45, 2.75) is 25.7 Å². The van der Waals surface area contributed by atoms with Crippen LogP contribution in [0.3, 0.4) is 0 Å². The smallest absolute Gasteiger partial charge is 0.260 e. The number of rotatable bonds is 7. The number of para-hydroxylation sites is 1. The standard InChI is InChI=1S/C20H28FN3O3/c21-17-6-2-3-7-18(17)27-15-19(25)24-12-8-16(14-24)20(26)22-9-13-23-10-4-1-5-11-23/h2-3,6-7,16H,1,4-5,8-15H2,(H,22,26). The van der Waals surface area contributed by atoms with Gasteiger partial charge in [0.2, 0.25) is 5.91 Å². The number of hydrogen-bond donors (Lipinski definition) is 1. The molecule has 0 saturated carbocycles. The minimum absolute atomic E-state index is 0.0114. The Morgan fingerprint density at radius 3 is 2.70 bits per heavy atom. The van der Waals surface area contributed by atoms with E-state index in [1.807, 2.05) is 0 Å². The van der Waals surface area contributed by atoms with E-state index in [1.165, 1.54) is 31.4 Å². The van der Waals surface area contributed by atoms with Crippen LogP contribution in [-0.2, 0) is 9.59 Å². The number of nitrogens with zero attached hydrogens (tertiary/aromatic N) is 2. The topological polar surface area (TPSA) is 61.9 Å². The summed E-state index contributed by atoms with van der Waals surface area (Å²) in [6.07, 6.45) is 4.43. The Labute approximate surface area is 159 Å². The van der Waals surface area contributed by atoms with Gasteiger partial charge in [-0.1, -0.05) is 18.6 Å². The number of piperidine rings is 1. The number of hydrogen-bond acceptors (Lipinski definition) is 4. The molecule has 2 saturated heterocycles. The van der Waals surface area contributed by atoms with Crippen molar-refractivity contribution in [2.75, 3.05) is 45.9 Å². The van der Waals surface area contributed by atoms with E-state index < -0.39 is 5.82 Å². The molecule has 0 aliphatic carbocycles. The van der Waals surface area contributed by atoms with Gasteiger partial charge in [0.15, 0.2) is 18.2 Å². The maximum atomic E-state index is 13.5. The lowest BCUT2D eigenvalue weighted by Crippen LogP contribution is -2.40. The summed E-state index contributed by atoms with van der Waals surface area (Å²) in [5.74, 6) is -0.808. The van der Waals surface area contributed by atoms with Gasteiger partial charge in [0.1, 0.15) is 0 Å². The highest BCUT2D eigenvalue weighted by Gasteiger charge is 2.31. The molecule has 6 nitrogen and oxygen atoms in total. The molecule has 2 fully saturated rings. The molecule has 2 aliphatic heterocycles. The van der Waals surface area contributed by atoms with Crippen LogP contribution < -0.4 is 10.1 Å². The van der Waals surface area contributed by atoms with Gasteiger partial charge in [0.05, 0.1) is 5.92 Å². The normalized spacial score (nSPS) is 20.5. The Balaban J connectivity index is 1.36. The van der Waals surface area contributed by atoms with E-state index >= 15 is 0 Å². The molecule has 1 atom stereocenters. The highest BCUT2D eigenvalue weighted by Crippen LogP contribution is 2.18. The molecule has 0 aromatic heterocycles. The monoisotopic (exact) mass is 377 g/mol. The Bertz CT molecular complexity index is 649. The van der Waals surface area contributed by atoms with E-state index in [0.29, 0.717) is 26.1 Å². The number of carbonyl (C=O) groups is 2. The molecular formula is C20H28FN3O3. The predicted molar refractivity (Wildman–Crippen MR) is 99.9 cm³/mol. The second-order valence-electron chi connectivity index (χ2n) is 7.24. The lowest BCUT2D eigenvalue weighted by molar-refractivity contribution is -0.132. The van der Waals surface area contributed by atoms with Gasteiger partial charge >= 0.3 is 0 Å². The summed E-state index contributed by atoms with van der Waals surface area (Å²) in [5, 5.41) is 3.00. The number of halogens is 1. The Morgan fingerprint density at radius 2 is 1.93 bits per heavy atom. The van der Waals surface area contributed by atoms with Gasteiger partial charge in [0, 0.05) is 26.2 Å². The van der Waals surface area contributed by atoms with Crippen molar-refractivity contribution >= 4 is 11.8 Å². The molecule has 2 amide bonds.